The highest BCUT2D eigenvalue weighted by atomic mass is 32.2. The molecule has 1 aliphatic rings. The number of amides is 1. The average Bonchev–Trinajstić information content (AvgIpc) is 3.05. The summed E-state index contributed by atoms with van der Waals surface area (Å²) in [6.45, 7) is 6.45. The average molecular weight is 254 g/mol. The predicted molar refractivity (Wildman–Crippen MR) is 67.0 cm³/mol. The Kier molecular flexibility index (Phi) is 3.71. The number of nitrogens with one attached hydrogen (secondary N) is 1. The van der Waals surface area contributed by atoms with Crippen molar-refractivity contribution in [3.05, 3.63) is 5.82 Å². The molecule has 1 N–H and O–H groups in total. The third kappa shape index (κ3) is 2.80. The summed E-state index contributed by atoms with van der Waals surface area (Å²) in [5, 5.41) is 11.8. The second-order valence-electron chi connectivity index (χ2n) is 4.29. The third-order valence-electron chi connectivity index (χ3n) is 2.75. The summed E-state index contributed by atoms with van der Waals surface area (Å²) in [7, 11) is 0. The van der Waals surface area contributed by atoms with Crippen LogP contribution in [0.2, 0.25) is 0 Å². The van der Waals surface area contributed by atoms with Crippen LogP contribution in [0.5, 0.6) is 0 Å². The van der Waals surface area contributed by atoms with E-state index >= 15 is 0 Å². The summed E-state index contributed by atoms with van der Waals surface area (Å²) in [4.78, 5) is 11.7. The number of carbonyl (C=O) groups excluding carboxylic acids is 1. The Hall–Kier alpha value is -1.04. The molecule has 0 radical (unpaired) electrons. The summed E-state index contributed by atoms with van der Waals surface area (Å²) < 4.78 is 2.15. The molecule has 1 aromatic rings. The van der Waals surface area contributed by atoms with Gasteiger partial charge in [-0.05, 0) is 33.6 Å². The van der Waals surface area contributed by atoms with Crippen molar-refractivity contribution in [3.63, 3.8) is 0 Å². The quantitative estimate of drug-likeness (QED) is 0.810. The summed E-state index contributed by atoms with van der Waals surface area (Å²) in [6, 6.07) is 0.550. The maximum Gasteiger partial charge on any atom is 0.233 e. The molecule has 0 saturated heterocycles. The molecule has 1 heterocycles. The molecule has 1 amide bonds. The standard InChI is InChI=1S/C11H18N4OS/c1-4-12-10(16)7(2)17-11-14-13-8(3)15(11)9-5-6-9/h7,9H,4-6H2,1-3H3,(H,12,16)/t7-/m0/s1. The highest BCUT2D eigenvalue weighted by molar-refractivity contribution is 8.00. The van der Waals surface area contributed by atoms with Gasteiger partial charge >= 0.3 is 0 Å². The number of carbonyl (C=O) groups is 1. The van der Waals surface area contributed by atoms with Crippen LogP contribution in [0.1, 0.15) is 38.6 Å². The molecule has 0 bridgehead atoms. The number of aryl methyl sites for hydroxylation is 1. The first-order valence-corrected chi connectivity index (χ1v) is 6.87. The Balaban J connectivity index is 2.05. The molecule has 17 heavy (non-hydrogen) atoms. The van der Waals surface area contributed by atoms with Crippen LogP contribution >= 0.6 is 11.8 Å². The lowest BCUT2D eigenvalue weighted by molar-refractivity contribution is -0.120. The van der Waals surface area contributed by atoms with Crippen molar-refractivity contribution in [2.24, 2.45) is 0 Å². The Morgan fingerprint density at radius 3 is 2.88 bits per heavy atom. The van der Waals surface area contributed by atoms with Crippen LogP contribution in [0, 0.1) is 6.92 Å². The number of hydrogen-bond donors (Lipinski definition) is 1. The zero-order chi connectivity index (χ0) is 12.4. The smallest absolute Gasteiger partial charge is 0.233 e. The highest BCUT2D eigenvalue weighted by Gasteiger charge is 2.29. The molecular weight excluding hydrogens is 236 g/mol. The zero-order valence-electron chi connectivity index (χ0n) is 10.4. The van der Waals surface area contributed by atoms with Gasteiger partial charge in [-0.25, -0.2) is 0 Å². The van der Waals surface area contributed by atoms with Crippen molar-refractivity contribution in [3.8, 4) is 0 Å². The van der Waals surface area contributed by atoms with Crippen molar-refractivity contribution in [1.82, 2.24) is 20.1 Å². The van der Waals surface area contributed by atoms with Gasteiger partial charge in [0.05, 0.1) is 5.25 Å². The molecule has 1 atom stereocenters. The van der Waals surface area contributed by atoms with E-state index in [0.29, 0.717) is 12.6 Å². The van der Waals surface area contributed by atoms with Crippen molar-refractivity contribution >= 4 is 17.7 Å². The van der Waals surface area contributed by atoms with E-state index in [2.05, 4.69) is 20.1 Å². The van der Waals surface area contributed by atoms with E-state index in [1.54, 1.807) is 0 Å². The van der Waals surface area contributed by atoms with Gasteiger partial charge in [-0.1, -0.05) is 11.8 Å². The molecule has 0 spiro atoms. The third-order valence-corrected chi connectivity index (χ3v) is 3.81. The minimum absolute atomic E-state index is 0.0560. The fraction of sp³-hybridized carbons (Fsp3) is 0.727. The van der Waals surface area contributed by atoms with E-state index in [1.165, 1.54) is 24.6 Å². The lowest BCUT2D eigenvalue weighted by atomic mass is 10.4. The predicted octanol–water partition coefficient (Wildman–Crippen LogP) is 1.54. The Morgan fingerprint density at radius 2 is 2.29 bits per heavy atom. The van der Waals surface area contributed by atoms with Gasteiger partial charge in [0, 0.05) is 12.6 Å². The van der Waals surface area contributed by atoms with Crippen LogP contribution in [-0.2, 0) is 4.79 Å². The van der Waals surface area contributed by atoms with E-state index in [1.807, 2.05) is 20.8 Å². The largest absolute Gasteiger partial charge is 0.355 e. The topological polar surface area (TPSA) is 59.8 Å². The second-order valence-corrected chi connectivity index (χ2v) is 5.59. The highest BCUT2D eigenvalue weighted by Crippen LogP contribution is 2.39. The molecule has 1 aliphatic carbocycles. The van der Waals surface area contributed by atoms with Crippen LogP contribution in [0.4, 0.5) is 0 Å². The van der Waals surface area contributed by atoms with E-state index in [-0.39, 0.29) is 11.2 Å². The van der Waals surface area contributed by atoms with Crippen molar-refractivity contribution in [2.75, 3.05) is 6.54 Å². The van der Waals surface area contributed by atoms with Gasteiger partial charge in [-0.15, -0.1) is 10.2 Å². The SMILES string of the molecule is CCNC(=O)[C@H](C)Sc1nnc(C)n1C1CC1. The minimum atomic E-state index is -0.129. The van der Waals surface area contributed by atoms with Gasteiger partial charge < -0.3 is 9.88 Å². The van der Waals surface area contributed by atoms with Gasteiger partial charge in [0.2, 0.25) is 5.91 Å². The van der Waals surface area contributed by atoms with E-state index in [4.69, 9.17) is 0 Å². The Morgan fingerprint density at radius 1 is 1.59 bits per heavy atom. The van der Waals surface area contributed by atoms with E-state index in [0.717, 1.165) is 11.0 Å². The molecule has 0 unspecified atom stereocenters. The van der Waals surface area contributed by atoms with Gasteiger partial charge in [0.15, 0.2) is 5.16 Å². The second kappa shape index (κ2) is 5.08. The number of rotatable bonds is 5. The van der Waals surface area contributed by atoms with Crippen LogP contribution < -0.4 is 5.32 Å². The first-order chi connectivity index (χ1) is 8.13. The minimum Gasteiger partial charge on any atom is -0.355 e. The molecule has 6 heteroatoms. The summed E-state index contributed by atoms with van der Waals surface area (Å²) in [5.41, 5.74) is 0. The van der Waals surface area contributed by atoms with Crippen LogP contribution in [0.3, 0.4) is 0 Å². The molecule has 0 aliphatic heterocycles. The lowest BCUT2D eigenvalue weighted by Crippen LogP contribution is -2.30. The fourth-order valence-corrected chi connectivity index (χ4v) is 2.70. The number of hydrogen-bond acceptors (Lipinski definition) is 4. The first kappa shape index (κ1) is 12.4. The molecular formula is C11H18N4OS. The van der Waals surface area contributed by atoms with Gasteiger partial charge in [-0.2, -0.15) is 0 Å². The zero-order valence-corrected chi connectivity index (χ0v) is 11.3. The van der Waals surface area contributed by atoms with Gasteiger partial charge in [-0.3, -0.25) is 4.79 Å². The Bertz CT molecular complexity index is 414. The summed E-state index contributed by atoms with van der Waals surface area (Å²) >= 11 is 1.48. The number of nitrogens with zero attached hydrogens (tertiary/aromatic N) is 3. The number of thioether (sulfide) groups is 1. The normalized spacial score (nSPS) is 16.9. The molecule has 94 valence electrons. The summed E-state index contributed by atoms with van der Waals surface area (Å²) in [6.07, 6.45) is 2.39. The maximum atomic E-state index is 11.7. The van der Waals surface area contributed by atoms with Gasteiger partial charge in [0.25, 0.3) is 0 Å². The monoisotopic (exact) mass is 254 g/mol. The van der Waals surface area contributed by atoms with Crippen LogP contribution in [-0.4, -0.2) is 32.5 Å². The molecule has 5 nitrogen and oxygen atoms in total. The summed E-state index contributed by atoms with van der Waals surface area (Å²) in [5.74, 6) is 0.999. The lowest BCUT2D eigenvalue weighted by Gasteiger charge is -2.11. The van der Waals surface area contributed by atoms with Crippen LogP contribution in [0.15, 0.2) is 5.16 Å². The Labute approximate surface area is 105 Å². The molecule has 0 aromatic carbocycles. The van der Waals surface area contributed by atoms with Crippen LogP contribution in [0.25, 0.3) is 0 Å². The molecule has 2 rings (SSSR count). The molecule has 1 fully saturated rings. The van der Waals surface area contributed by atoms with E-state index in [9.17, 15) is 4.79 Å². The van der Waals surface area contributed by atoms with E-state index < -0.39 is 0 Å². The van der Waals surface area contributed by atoms with Crippen molar-refractivity contribution < 1.29 is 4.79 Å². The maximum absolute atomic E-state index is 11.7. The van der Waals surface area contributed by atoms with Gasteiger partial charge in [0.1, 0.15) is 5.82 Å². The molecule has 1 saturated carbocycles. The van der Waals surface area contributed by atoms with Crippen molar-refractivity contribution in [1.29, 1.82) is 0 Å². The first-order valence-electron chi connectivity index (χ1n) is 5.99. The van der Waals surface area contributed by atoms with Crippen molar-refractivity contribution in [2.45, 2.75) is 50.1 Å². The number of aromatic nitrogens is 3. The molecule has 1 aromatic heterocycles. The fourth-order valence-electron chi connectivity index (χ4n) is 1.71.